The van der Waals surface area contributed by atoms with Gasteiger partial charge in [0.15, 0.2) is 0 Å². The molecule has 0 radical (unpaired) electrons. The fourth-order valence-electron chi connectivity index (χ4n) is 1.12. The zero-order chi connectivity index (χ0) is 9.84. The second kappa shape index (κ2) is 4.28. The van der Waals surface area contributed by atoms with Gasteiger partial charge in [0.25, 0.3) is 0 Å². The third-order valence-corrected chi connectivity index (χ3v) is 1.98. The molecule has 0 aliphatic heterocycles. The van der Waals surface area contributed by atoms with Gasteiger partial charge in [-0.1, -0.05) is 11.6 Å². The normalized spacial score (nSPS) is 9.77. The van der Waals surface area contributed by atoms with Gasteiger partial charge in [0, 0.05) is 17.8 Å². The van der Waals surface area contributed by atoms with Gasteiger partial charge in [0.05, 0.1) is 6.54 Å². The van der Waals surface area contributed by atoms with E-state index in [2.05, 4.69) is 0 Å². The lowest BCUT2D eigenvalue weighted by Crippen LogP contribution is -2.23. The van der Waals surface area contributed by atoms with E-state index < -0.39 is 0 Å². The molecule has 3 heteroatoms. The largest absolute Gasteiger partial charge is 0.367 e. The molecule has 0 heterocycles. The van der Waals surface area contributed by atoms with Gasteiger partial charge in [-0.3, -0.25) is 4.79 Å². The predicted octanol–water partition coefficient (Wildman–Crippen LogP) is 2.37. The first-order valence-electron chi connectivity index (χ1n) is 4.06. The van der Waals surface area contributed by atoms with Crippen LogP contribution in [0.4, 0.5) is 5.69 Å². The Balaban J connectivity index is 2.71. The summed E-state index contributed by atoms with van der Waals surface area (Å²) in [6.45, 7) is 2.01. The molecule has 0 spiro atoms. The summed E-state index contributed by atoms with van der Waals surface area (Å²) in [4.78, 5) is 12.7. The van der Waals surface area contributed by atoms with Gasteiger partial charge in [0.1, 0.15) is 5.78 Å². The Hall–Kier alpha value is -1.02. The molecule has 0 saturated carbocycles. The molecule has 70 valence electrons. The summed E-state index contributed by atoms with van der Waals surface area (Å²) in [6, 6.07) is 7.41. The van der Waals surface area contributed by atoms with E-state index in [0.717, 1.165) is 5.69 Å². The van der Waals surface area contributed by atoms with Gasteiger partial charge < -0.3 is 4.90 Å². The zero-order valence-corrected chi connectivity index (χ0v) is 8.51. The molecular weight excluding hydrogens is 186 g/mol. The van der Waals surface area contributed by atoms with Crippen molar-refractivity contribution < 1.29 is 4.79 Å². The lowest BCUT2D eigenvalue weighted by atomic mass is 10.3. The Morgan fingerprint density at radius 2 is 1.92 bits per heavy atom. The molecule has 0 aliphatic carbocycles. The zero-order valence-electron chi connectivity index (χ0n) is 7.75. The number of carbonyl (C=O) groups excluding carboxylic acids is 1. The molecule has 0 fully saturated rings. The van der Waals surface area contributed by atoms with Gasteiger partial charge in [-0.05, 0) is 31.2 Å². The van der Waals surface area contributed by atoms with E-state index >= 15 is 0 Å². The van der Waals surface area contributed by atoms with Crippen LogP contribution in [0.2, 0.25) is 5.02 Å². The molecule has 0 aliphatic rings. The average Bonchev–Trinajstić information content (AvgIpc) is 2.04. The standard InChI is InChI=1S/C10H12ClNO/c1-8(13)7-12(2)10-5-3-9(11)4-6-10/h3-6H,7H2,1-2H3. The molecule has 0 N–H and O–H groups in total. The Kier molecular flexibility index (Phi) is 3.32. The van der Waals surface area contributed by atoms with Crippen LogP contribution in [0.5, 0.6) is 0 Å². The average molecular weight is 198 g/mol. The predicted molar refractivity (Wildman–Crippen MR) is 55.4 cm³/mol. The molecule has 0 bridgehead atoms. The van der Waals surface area contributed by atoms with Crippen LogP contribution in [-0.4, -0.2) is 19.4 Å². The molecule has 0 amide bonds. The summed E-state index contributed by atoms with van der Waals surface area (Å²) in [7, 11) is 1.88. The van der Waals surface area contributed by atoms with Crippen LogP contribution in [0, 0.1) is 0 Å². The number of likely N-dealkylation sites (N-methyl/N-ethyl adjacent to an activating group) is 1. The molecule has 1 aromatic carbocycles. The van der Waals surface area contributed by atoms with Crippen molar-refractivity contribution in [2.75, 3.05) is 18.5 Å². The fourth-order valence-corrected chi connectivity index (χ4v) is 1.25. The Bertz CT molecular complexity index is 294. The third kappa shape index (κ3) is 3.07. The van der Waals surface area contributed by atoms with Crippen LogP contribution in [0.3, 0.4) is 0 Å². The molecule has 13 heavy (non-hydrogen) atoms. The maximum atomic E-state index is 10.8. The SMILES string of the molecule is CC(=O)CN(C)c1ccc(Cl)cc1. The molecule has 0 aromatic heterocycles. The Labute approximate surface area is 83.1 Å². The minimum Gasteiger partial charge on any atom is -0.367 e. The van der Waals surface area contributed by atoms with Gasteiger partial charge >= 0.3 is 0 Å². The molecule has 1 rings (SSSR count). The maximum absolute atomic E-state index is 10.8. The number of hydrogen-bond acceptors (Lipinski definition) is 2. The number of rotatable bonds is 3. The number of Topliss-reactive ketones (excluding diaryl/α,β-unsaturated/α-hetero) is 1. The van der Waals surface area contributed by atoms with Crippen molar-refractivity contribution in [1.82, 2.24) is 0 Å². The number of hydrogen-bond donors (Lipinski definition) is 0. The molecule has 2 nitrogen and oxygen atoms in total. The van der Waals surface area contributed by atoms with E-state index in [1.54, 1.807) is 6.92 Å². The highest BCUT2D eigenvalue weighted by Crippen LogP contribution is 2.16. The summed E-state index contributed by atoms with van der Waals surface area (Å²) in [5, 5.41) is 0.708. The maximum Gasteiger partial charge on any atom is 0.149 e. The van der Waals surface area contributed by atoms with Crippen LogP contribution in [0.15, 0.2) is 24.3 Å². The quantitative estimate of drug-likeness (QED) is 0.742. The van der Waals surface area contributed by atoms with E-state index in [4.69, 9.17) is 11.6 Å². The van der Waals surface area contributed by atoms with Gasteiger partial charge in [-0.15, -0.1) is 0 Å². The van der Waals surface area contributed by atoms with Crippen molar-refractivity contribution in [3.8, 4) is 0 Å². The Morgan fingerprint density at radius 3 is 2.38 bits per heavy atom. The van der Waals surface area contributed by atoms with Gasteiger partial charge in [-0.2, -0.15) is 0 Å². The van der Waals surface area contributed by atoms with E-state index in [9.17, 15) is 4.79 Å². The molecule has 0 unspecified atom stereocenters. The summed E-state index contributed by atoms with van der Waals surface area (Å²) >= 11 is 5.74. The summed E-state index contributed by atoms with van der Waals surface area (Å²) in [6.07, 6.45) is 0. The van der Waals surface area contributed by atoms with Crippen molar-refractivity contribution in [3.05, 3.63) is 29.3 Å². The number of ketones is 1. The number of benzene rings is 1. The van der Waals surface area contributed by atoms with E-state index in [0.29, 0.717) is 11.6 Å². The van der Waals surface area contributed by atoms with Crippen molar-refractivity contribution in [2.45, 2.75) is 6.92 Å². The molecule has 0 saturated heterocycles. The van der Waals surface area contributed by atoms with Crippen molar-refractivity contribution in [1.29, 1.82) is 0 Å². The second-order valence-corrected chi connectivity index (χ2v) is 3.47. The van der Waals surface area contributed by atoms with Crippen molar-refractivity contribution in [2.24, 2.45) is 0 Å². The highest BCUT2D eigenvalue weighted by atomic mass is 35.5. The number of halogens is 1. The highest BCUT2D eigenvalue weighted by Gasteiger charge is 2.02. The third-order valence-electron chi connectivity index (χ3n) is 1.73. The summed E-state index contributed by atoms with van der Waals surface area (Å²) in [5.41, 5.74) is 1.000. The van der Waals surface area contributed by atoms with Crippen LogP contribution >= 0.6 is 11.6 Å². The number of carbonyl (C=O) groups is 1. The lowest BCUT2D eigenvalue weighted by molar-refractivity contribution is -0.115. The van der Waals surface area contributed by atoms with Gasteiger partial charge in [0.2, 0.25) is 0 Å². The first-order valence-corrected chi connectivity index (χ1v) is 4.43. The number of nitrogens with zero attached hydrogens (tertiary/aromatic N) is 1. The molecule has 0 atom stereocenters. The smallest absolute Gasteiger partial charge is 0.149 e. The van der Waals surface area contributed by atoms with Crippen LogP contribution in [0.1, 0.15) is 6.92 Å². The first kappa shape index (κ1) is 10.1. The minimum absolute atomic E-state index is 0.150. The van der Waals surface area contributed by atoms with Crippen LogP contribution in [0.25, 0.3) is 0 Å². The van der Waals surface area contributed by atoms with E-state index in [-0.39, 0.29) is 5.78 Å². The topological polar surface area (TPSA) is 20.3 Å². The van der Waals surface area contributed by atoms with Crippen LogP contribution in [-0.2, 0) is 4.79 Å². The number of anilines is 1. The Morgan fingerprint density at radius 1 is 1.38 bits per heavy atom. The molecule has 1 aromatic rings. The summed E-state index contributed by atoms with van der Waals surface area (Å²) < 4.78 is 0. The summed E-state index contributed by atoms with van der Waals surface area (Å²) in [5.74, 6) is 0.150. The van der Waals surface area contributed by atoms with Gasteiger partial charge in [-0.25, -0.2) is 0 Å². The van der Waals surface area contributed by atoms with Crippen molar-refractivity contribution >= 4 is 23.1 Å². The highest BCUT2D eigenvalue weighted by molar-refractivity contribution is 6.30. The van der Waals surface area contributed by atoms with Crippen molar-refractivity contribution in [3.63, 3.8) is 0 Å². The monoisotopic (exact) mass is 197 g/mol. The fraction of sp³-hybridized carbons (Fsp3) is 0.300. The first-order chi connectivity index (χ1) is 6.09. The molecular formula is C10H12ClNO. The second-order valence-electron chi connectivity index (χ2n) is 3.03. The minimum atomic E-state index is 0.150. The van der Waals surface area contributed by atoms with E-state index in [1.165, 1.54) is 0 Å². The lowest BCUT2D eigenvalue weighted by Gasteiger charge is -2.17. The van der Waals surface area contributed by atoms with Crippen LogP contribution < -0.4 is 4.90 Å². The van der Waals surface area contributed by atoms with E-state index in [1.807, 2.05) is 36.2 Å².